The van der Waals surface area contributed by atoms with Crippen molar-refractivity contribution in [1.82, 2.24) is 0 Å². The Morgan fingerprint density at radius 2 is 1.73 bits per heavy atom. The van der Waals surface area contributed by atoms with Crippen molar-refractivity contribution >= 4 is 23.2 Å². The van der Waals surface area contributed by atoms with Crippen LogP contribution in [0.4, 0.5) is 5.69 Å². The van der Waals surface area contributed by atoms with Gasteiger partial charge in [-0.15, -0.1) is 0 Å². The topological polar surface area (TPSA) is 47.6 Å². The molecule has 4 nitrogen and oxygen atoms in total. The van der Waals surface area contributed by atoms with Crippen LogP contribution in [-0.4, -0.2) is 19.6 Å². The smallest absolute Gasteiger partial charge is 0.262 e. The molecule has 0 aliphatic rings. The van der Waals surface area contributed by atoms with Crippen molar-refractivity contribution in [2.45, 2.75) is 40.0 Å². The van der Waals surface area contributed by atoms with E-state index in [-0.39, 0.29) is 17.9 Å². The molecule has 1 amide bonds. The van der Waals surface area contributed by atoms with Gasteiger partial charge in [-0.1, -0.05) is 38.4 Å². The van der Waals surface area contributed by atoms with E-state index in [1.54, 1.807) is 7.11 Å². The van der Waals surface area contributed by atoms with Crippen LogP contribution in [-0.2, 0) is 10.2 Å². The minimum Gasteiger partial charge on any atom is -0.495 e. The maximum absolute atomic E-state index is 12.3. The van der Waals surface area contributed by atoms with Crippen molar-refractivity contribution in [3.8, 4) is 11.5 Å². The Bertz CT molecular complexity index is 786. The fourth-order valence-corrected chi connectivity index (χ4v) is 2.71. The lowest BCUT2D eigenvalue weighted by molar-refractivity contribution is -0.118. The highest BCUT2D eigenvalue weighted by molar-refractivity contribution is 6.32. The highest BCUT2D eigenvalue weighted by Gasteiger charge is 2.17. The van der Waals surface area contributed by atoms with Crippen molar-refractivity contribution < 1.29 is 14.3 Å². The number of rotatable bonds is 5. The summed E-state index contributed by atoms with van der Waals surface area (Å²) in [4.78, 5) is 12.3. The third kappa shape index (κ3) is 4.92. The molecule has 0 unspecified atom stereocenters. The Morgan fingerprint density at radius 1 is 1.12 bits per heavy atom. The summed E-state index contributed by atoms with van der Waals surface area (Å²) in [5.74, 6) is 0.985. The first-order valence-corrected chi connectivity index (χ1v) is 8.87. The first-order chi connectivity index (χ1) is 12.1. The summed E-state index contributed by atoms with van der Waals surface area (Å²) in [6.45, 7) is 10.1. The molecule has 1 N–H and O–H groups in total. The fourth-order valence-electron chi connectivity index (χ4n) is 2.60. The molecule has 2 aromatic rings. The molecule has 0 saturated heterocycles. The SMILES string of the molecule is COc1ccc(C(C)(C)C)cc1NC(=O)COc1cc(C)c(Cl)c(C)c1. The van der Waals surface area contributed by atoms with Gasteiger partial charge in [0, 0.05) is 5.02 Å². The average Bonchev–Trinajstić information content (AvgIpc) is 2.56. The number of ether oxygens (including phenoxy) is 2. The second-order valence-electron chi connectivity index (χ2n) is 7.37. The fraction of sp³-hybridized carbons (Fsp3) is 0.381. The van der Waals surface area contributed by atoms with Gasteiger partial charge in [-0.05, 0) is 60.2 Å². The van der Waals surface area contributed by atoms with Gasteiger partial charge in [0.2, 0.25) is 0 Å². The Morgan fingerprint density at radius 3 is 2.27 bits per heavy atom. The molecule has 0 fully saturated rings. The number of hydrogen-bond acceptors (Lipinski definition) is 3. The lowest BCUT2D eigenvalue weighted by Crippen LogP contribution is -2.21. The number of benzene rings is 2. The number of hydrogen-bond donors (Lipinski definition) is 1. The van der Waals surface area contributed by atoms with Crippen LogP contribution in [0.2, 0.25) is 5.02 Å². The molecule has 0 bridgehead atoms. The third-order valence-electron chi connectivity index (χ3n) is 4.12. The van der Waals surface area contributed by atoms with Crippen LogP contribution >= 0.6 is 11.6 Å². The molecule has 2 rings (SSSR count). The molecule has 5 heteroatoms. The van der Waals surface area contributed by atoms with E-state index in [9.17, 15) is 4.79 Å². The summed E-state index contributed by atoms with van der Waals surface area (Å²) >= 11 is 6.16. The molecule has 26 heavy (non-hydrogen) atoms. The predicted molar refractivity (Wildman–Crippen MR) is 107 cm³/mol. The van der Waals surface area contributed by atoms with Gasteiger partial charge in [-0.25, -0.2) is 0 Å². The lowest BCUT2D eigenvalue weighted by atomic mass is 9.87. The molecule has 0 saturated carbocycles. The van der Waals surface area contributed by atoms with Gasteiger partial charge in [0.1, 0.15) is 11.5 Å². The van der Waals surface area contributed by atoms with Crippen LogP contribution in [0, 0.1) is 13.8 Å². The first kappa shape index (κ1) is 20.1. The number of methoxy groups -OCH3 is 1. The summed E-state index contributed by atoms with van der Waals surface area (Å²) in [5.41, 5.74) is 3.55. The zero-order chi connectivity index (χ0) is 19.5. The van der Waals surface area contributed by atoms with E-state index in [0.717, 1.165) is 16.7 Å². The molecule has 2 aromatic carbocycles. The van der Waals surface area contributed by atoms with E-state index in [1.807, 2.05) is 44.2 Å². The highest BCUT2D eigenvalue weighted by Crippen LogP contribution is 2.31. The molecule has 0 atom stereocenters. The van der Waals surface area contributed by atoms with Gasteiger partial charge < -0.3 is 14.8 Å². The molecular weight excluding hydrogens is 350 g/mol. The van der Waals surface area contributed by atoms with Crippen molar-refractivity contribution in [3.05, 3.63) is 52.0 Å². The molecule has 0 aromatic heterocycles. The van der Waals surface area contributed by atoms with Crippen molar-refractivity contribution in [2.75, 3.05) is 19.0 Å². The predicted octanol–water partition coefficient (Wildman–Crippen LogP) is 5.28. The molecule has 0 aliphatic carbocycles. The zero-order valence-corrected chi connectivity index (χ0v) is 17.0. The van der Waals surface area contributed by atoms with E-state index in [4.69, 9.17) is 21.1 Å². The van der Waals surface area contributed by atoms with Crippen LogP contribution in [0.25, 0.3) is 0 Å². The number of carbonyl (C=O) groups is 1. The van der Waals surface area contributed by atoms with Crippen LogP contribution in [0.15, 0.2) is 30.3 Å². The van der Waals surface area contributed by atoms with Crippen LogP contribution in [0.1, 0.15) is 37.5 Å². The van der Waals surface area contributed by atoms with Crippen molar-refractivity contribution in [1.29, 1.82) is 0 Å². The number of anilines is 1. The quantitative estimate of drug-likeness (QED) is 0.773. The van der Waals surface area contributed by atoms with Crippen molar-refractivity contribution in [2.24, 2.45) is 0 Å². The van der Waals surface area contributed by atoms with E-state index in [2.05, 4.69) is 26.1 Å². The Hall–Kier alpha value is -2.20. The Kier molecular flexibility index (Phi) is 6.19. The highest BCUT2D eigenvalue weighted by atomic mass is 35.5. The molecule has 140 valence electrons. The van der Waals surface area contributed by atoms with E-state index in [1.165, 1.54) is 0 Å². The number of amides is 1. The standard InChI is InChI=1S/C21H26ClNO3/c1-13-9-16(10-14(2)20(13)22)26-12-19(24)23-17-11-15(21(3,4)5)7-8-18(17)25-6/h7-11H,12H2,1-6H3,(H,23,24). The summed E-state index contributed by atoms with van der Waals surface area (Å²) < 4.78 is 11.0. The Balaban J connectivity index is 2.10. The lowest BCUT2D eigenvalue weighted by Gasteiger charge is -2.21. The maximum atomic E-state index is 12.3. The Labute approximate surface area is 160 Å². The number of carbonyl (C=O) groups excluding carboxylic acids is 1. The second-order valence-corrected chi connectivity index (χ2v) is 7.75. The minimum absolute atomic E-state index is 0.0272. The molecule has 0 heterocycles. The number of aryl methyl sites for hydroxylation is 2. The summed E-state index contributed by atoms with van der Waals surface area (Å²) in [6.07, 6.45) is 0. The van der Waals surface area contributed by atoms with E-state index < -0.39 is 0 Å². The largest absolute Gasteiger partial charge is 0.495 e. The minimum atomic E-state index is -0.250. The van der Waals surface area contributed by atoms with E-state index >= 15 is 0 Å². The average molecular weight is 376 g/mol. The monoisotopic (exact) mass is 375 g/mol. The normalized spacial score (nSPS) is 11.2. The third-order valence-corrected chi connectivity index (χ3v) is 4.72. The summed E-state index contributed by atoms with van der Waals surface area (Å²) in [5, 5.41) is 3.58. The van der Waals surface area contributed by atoms with Gasteiger partial charge in [-0.3, -0.25) is 4.79 Å². The molecule has 0 aliphatic heterocycles. The maximum Gasteiger partial charge on any atom is 0.262 e. The number of nitrogens with one attached hydrogen (secondary N) is 1. The van der Waals surface area contributed by atoms with Crippen LogP contribution in [0.3, 0.4) is 0 Å². The van der Waals surface area contributed by atoms with E-state index in [0.29, 0.717) is 22.2 Å². The van der Waals surface area contributed by atoms with Crippen molar-refractivity contribution in [3.63, 3.8) is 0 Å². The summed E-state index contributed by atoms with van der Waals surface area (Å²) in [6, 6.07) is 9.45. The van der Waals surface area contributed by atoms with Gasteiger partial charge in [0.25, 0.3) is 5.91 Å². The van der Waals surface area contributed by atoms with Gasteiger partial charge >= 0.3 is 0 Å². The van der Waals surface area contributed by atoms with Gasteiger partial charge in [0.05, 0.1) is 12.8 Å². The molecule has 0 radical (unpaired) electrons. The number of halogens is 1. The van der Waals surface area contributed by atoms with Crippen LogP contribution < -0.4 is 14.8 Å². The molecular formula is C21H26ClNO3. The van der Waals surface area contributed by atoms with Gasteiger partial charge in [-0.2, -0.15) is 0 Å². The zero-order valence-electron chi connectivity index (χ0n) is 16.2. The first-order valence-electron chi connectivity index (χ1n) is 8.49. The van der Waals surface area contributed by atoms with Gasteiger partial charge in [0.15, 0.2) is 6.61 Å². The molecule has 0 spiro atoms. The van der Waals surface area contributed by atoms with Crippen LogP contribution in [0.5, 0.6) is 11.5 Å². The summed E-state index contributed by atoms with van der Waals surface area (Å²) in [7, 11) is 1.58. The second kappa shape index (κ2) is 8.00.